The highest BCUT2D eigenvalue weighted by Gasteiger charge is 2.35. The van der Waals surface area contributed by atoms with Crippen molar-refractivity contribution in [3.05, 3.63) is 39.4 Å². The molecule has 0 saturated heterocycles. The van der Waals surface area contributed by atoms with Crippen LogP contribution in [0, 0.1) is 5.92 Å². The van der Waals surface area contributed by atoms with Gasteiger partial charge in [-0.2, -0.15) is 0 Å². The molecule has 0 heterocycles. The van der Waals surface area contributed by atoms with Gasteiger partial charge in [0.05, 0.1) is 12.7 Å². The molecule has 0 aromatic heterocycles. The third-order valence-electron chi connectivity index (χ3n) is 3.82. The highest BCUT2D eigenvalue weighted by atomic mass is 79.9. The summed E-state index contributed by atoms with van der Waals surface area (Å²) in [6.07, 6.45) is 6.80. The van der Waals surface area contributed by atoms with Gasteiger partial charge in [-0.3, -0.25) is 0 Å². The first kappa shape index (κ1) is 11.0. The molecule has 1 saturated carbocycles. The van der Waals surface area contributed by atoms with E-state index in [9.17, 15) is 4.79 Å². The Kier molecular flexibility index (Phi) is 2.58. The predicted molar refractivity (Wildman–Crippen MR) is 70.0 cm³/mol. The number of halogens is 1. The lowest BCUT2D eigenvalue weighted by Gasteiger charge is -2.39. The van der Waals surface area contributed by atoms with Crippen LogP contribution in [0.3, 0.4) is 0 Å². The van der Waals surface area contributed by atoms with Gasteiger partial charge in [-0.1, -0.05) is 28.1 Å². The largest absolute Gasteiger partial charge is 0.465 e. The average molecular weight is 293 g/mol. The van der Waals surface area contributed by atoms with Crippen LogP contribution in [-0.2, 0) is 4.74 Å². The van der Waals surface area contributed by atoms with Crippen LogP contribution < -0.4 is 0 Å². The number of rotatable bonds is 1. The molecule has 1 aromatic rings. The first-order valence-electron chi connectivity index (χ1n) is 5.80. The van der Waals surface area contributed by atoms with Crippen molar-refractivity contribution in [3.63, 3.8) is 0 Å². The van der Waals surface area contributed by atoms with Crippen LogP contribution in [0.4, 0.5) is 0 Å². The van der Waals surface area contributed by atoms with Crippen molar-refractivity contribution in [2.75, 3.05) is 7.11 Å². The lowest BCUT2D eigenvalue weighted by molar-refractivity contribution is 0.0600. The SMILES string of the molecule is COC(=O)c1cc(Br)cc2c1C=CC1CCC21. The summed E-state index contributed by atoms with van der Waals surface area (Å²) < 4.78 is 5.80. The summed E-state index contributed by atoms with van der Waals surface area (Å²) in [6.45, 7) is 0. The molecule has 0 aliphatic heterocycles. The Morgan fingerprint density at radius 2 is 2.24 bits per heavy atom. The highest BCUT2D eigenvalue weighted by Crippen LogP contribution is 2.49. The summed E-state index contributed by atoms with van der Waals surface area (Å²) in [5.74, 6) is 1.00. The summed E-state index contributed by atoms with van der Waals surface area (Å²) in [6, 6.07) is 3.98. The summed E-state index contributed by atoms with van der Waals surface area (Å²) in [5.41, 5.74) is 3.00. The van der Waals surface area contributed by atoms with Gasteiger partial charge in [-0.15, -0.1) is 0 Å². The van der Waals surface area contributed by atoms with Gasteiger partial charge in [0, 0.05) is 4.47 Å². The maximum atomic E-state index is 11.8. The van der Waals surface area contributed by atoms with Crippen molar-refractivity contribution in [1.82, 2.24) is 0 Å². The maximum Gasteiger partial charge on any atom is 0.338 e. The van der Waals surface area contributed by atoms with E-state index in [2.05, 4.69) is 34.1 Å². The van der Waals surface area contributed by atoms with Crippen molar-refractivity contribution in [2.24, 2.45) is 5.92 Å². The van der Waals surface area contributed by atoms with Crippen molar-refractivity contribution >= 4 is 28.0 Å². The number of allylic oxidation sites excluding steroid dienone is 1. The fraction of sp³-hybridized carbons (Fsp3) is 0.357. The number of carbonyl (C=O) groups excluding carboxylic acids is 1. The molecular weight excluding hydrogens is 280 g/mol. The molecule has 0 spiro atoms. The van der Waals surface area contributed by atoms with E-state index in [1.165, 1.54) is 25.5 Å². The molecule has 0 bridgehead atoms. The minimum Gasteiger partial charge on any atom is -0.465 e. The Morgan fingerprint density at radius 1 is 1.41 bits per heavy atom. The minimum absolute atomic E-state index is 0.259. The Hall–Kier alpha value is -1.09. The number of hydrogen-bond donors (Lipinski definition) is 0. The molecule has 1 fully saturated rings. The summed E-state index contributed by atoms with van der Waals surface area (Å²) in [7, 11) is 1.42. The standard InChI is InChI=1S/C14H13BrO2/c1-17-14(16)13-7-9(15)6-12-10-4-2-8(10)3-5-11(12)13/h3,5-8,10H,2,4H2,1H3. The van der Waals surface area contributed by atoms with Crippen LogP contribution in [0.5, 0.6) is 0 Å². The fourth-order valence-corrected chi connectivity index (χ4v) is 3.25. The first-order chi connectivity index (χ1) is 8.20. The zero-order valence-corrected chi connectivity index (χ0v) is 11.2. The van der Waals surface area contributed by atoms with Crippen LogP contribution in [0.2, 0.25) is 0 Å². The monoisotopic (exact) mass is 292 g/mol. The van der Waals surface area contributed by atoms with Crippen LogP contribution in [0.15, 0.2) is 22.7 Å². The topological polar surface area (TPSA) is 26.3 Å². The second-order valence-electron chi connectivity index (χ2n) is 4.65. The van der Waals surface area contributed by atoms with Crippen molar-refractivity contribution in [3.8, 4) is 0 Å². The molecular formula is C14H13BrO2. The zero-order chi connectivity index (χ0) is 12.0. The molecule has 0 amide bonds. The molecule has 3 heteroatoms. The van der Waals surface area contributed by atoms with Gasteiger partial charge in [-0.05, 0) is 47.9 Å². The Morgan fingerprint density at radius 3 is 2.88 bits per heavy atom. The van der Waals surface area contributed by atoms with Gasteiger partial charge in [0.15, 0.2) is 0 Å². The normalized spacial score (nSPS) is 24.6. The van der Waals surface area contributed by atoms with Crippen LogP contribution >= 0.6 is 15.9 Å². The highest BCUT2D eigenvalue weighted by molar-refractivity contribution is 9.10. The van der Waals surface area contributed by atoms with Crippen molar-refractivity contribution < 1.29 is 9.53 Å². The number of benzene rings is 1. The van der Waals surface area contributed by atoms with Gasteiger partial charge in [0.2, 0.25) is 0 Å². The lowest BCUT2D eigenvalue weighted by atomic mass is 9.66. The molecule has 2 aliphatic carbocycles. The van der Waals surface area contributed by atoms with Gasteiger partial charge in [0.25, 0.3) is 0 Å². The van der Waals surface area contributed by atoms with E-state index in [0.717, 1.165) is 10.0 Å². The Labute approximate surface area is 109 Å². The van der Waals surface area contributed by atoms with Crippen LogP contribution in [0.25, 0.3) is 6.08 Å². The molecule has 0 radical (unpaired) electrons. The molecule has 1 aromatic carbocycles. The molecule has 2 unspecified atom stereocenters. The number of methoxy groups -OCH3 is 1. The van der Waals surface area contributed by atoms with Gasteiger partial charge in [-0.25, -0.2) is 4.79 Å². The van der Waals surface area contributed by atoms with E-state index in [1.807, 2.05) is 6.07 Å². The average Bonchev–Trinajstić information content (AvgIpc) is 2.27. The molecule has 2 atom stereocenters. The third kappa shape index (κ3) is 1.64. The maximum absolute atomic E-state index is 11.8. The number of ether oxygens (including phenoxy) is 1. The van der Waals surface area contributed by atoms with Crippen LogP contribution in [-0.4, -0.2) is 13.1 Å². The number of hydrogen-bond acceptors (Lipinski definition) is 2. The van der Waals surface area contributed by atoms with Crippen molar-refractivity contribution in [2.45, 2.75) is 18.8 Å². The van der Waals surface area contributed by atoms with E-state index in [1.54, 1.807) is 0 Å². The minimum atomic E-state index is -0.259. The first-order valence-corrected chi connectivity index (χ1v) is 6.60. The fourth-order valence-electron chi connectivity index (χ4n) is 2.77. The van der Waals surface area contributed by atoms with E-state index >= 15 is 0 Å². The summed E-state index contributed by atoms with van der Waals surface area (Å²) in [4.78, 5) is 11.8. The third-order valence-corrected chi connectivity index (χ3v) is 4.28. The van der Waals surface area contributed by atoms with Gasteiger partial charge in [0.1, 0.15) is 0 Å². The van der Waals surface area contributed by atoms with Gasteiger partial charge >= 0.3 is 5.97 Å². The molecule has 2 aliphatic rings. The van der Waals surface area contributed by atoms with E-state index in [4.69, 9.17) is 4.74 Å². The Balaban J connectivity index is 2.17. The van der Waals surface area contributed by atoms with Gasteiger partial charge < -0.3 is 4.74 Å². The van der Waals surface area contributed by atoms with E-state index in [-0.39, 0.29) is 5.97 Å². The van der Waals surface area contributed by atoms with E-state index in [0.29, 0.717) is 17.4 Å². The second-order valence-corrected chi connectivity index (χ2v) is 5.57. The Bertz CT molecular complexity index is 519. The van der Waals surface area contributed by atoms with E-state index < -0.39 is 0 Å². The zero-order valence-electron chi connectivity index (χ0n) is 9.57. The molecule has 0 N–H and O–H groups in total. The smallest absolute Gasteiger partial charge is 0.338 e. The molecule has 3 rings (SSSR count). The summed E-state index contributed by atoms with van der Waals surface area (Å²) in [5, 5.41) is 0. The molecule has 88 valence electrons. The predicted octanol–water partition coefficient (Wildman–Crippen LogP) is 3.76. The number of esters is 1. The van der Waals surface area contributed by atoms with Crippen molar-refractivity contribution in [1.29, 1.82) is 0 Å². The molecule has 2 nitrogen and oxygen atoms in total. The lowest BCUT2D eigenvalue weighted by Crippen LogP contribution is -2.26. The number of fused-ring (bicyclic) bond motifs is 3. The number of carbonyl (C=O) groups is 1. The summed E-state index contributed by atoms with van der Waals surface area (Å²) >= 11 is 3.48. The van der Waals surface area contributed by atoms with Crippen LogP contribution in [0.1, 0.15) is 40.2 Å². The quantitative estimate of drug-likeness (QED) is 0.737. The molecule has 17 heavy (non-hydrogen) atoms. The second kappa shape index (κ2) is 3.98.